The van der Waals surface area contributed by atoms with Gasteiger partial charge in [0.05, 0.1) is 10.6 Å². The number of carbonyl (C=O) groups excluding carboxylic acids is 1. The van der Waals surface area contributed by atoms with E-state index in [-0.39, 0.29) is 28.7 Å². The Kier molecular flexibility index (Phi) is 6.98. The molecule has 1 fully saturated rings. The summed E-state index contributed by atoms with van der Waals surface area (Å²) in [5.74, 6) is 0.0266. The molecule has 2 aromatic carbocycles. The third kappa shape index (κ3) is 5.05. The maximum absolute atomic E-state index is 12.7. The quantitative estimate of drug-likeness (QED) is 0.433. The van der Waals surface area contributed by atoms with Crippen LogP contribution in [0.3, 0.4) is 0 Å². The first-order valence-electron chi connectivity index (χ1n) is 8.73. The van der Waals surface area contributed by atoms with Crippen molar-refractivity contribution in [2.75, 3.05) is 26.3 Å². The molecule has 0 amide bonds. The molecule has 0 unspecified atom stereocenters. The van der Waals surface area contributed by atoms with Gasteiger partial charge in [-0.05, 0) is 55.3 Å². The Hall–Kier alpha value is -1.61. The van der Waals surface area contributed by atoms with E-state index >= 15 is 0 Å². The second-order valence-electron chi connectivity index (χ2n) is 6.19. The van der Waals surface area contributed by atoms with E-state index in [0.29, 0.717) is 18.8 Å². The molecule has 1 aliphatic rings. The Morgan fingerprint density at radius 3 is 2.43 bits per heavy atom. The number of sulfonamides is 1. The highest BCUT2D eigenvalue weighted by Crippen LogP contribution is 2.28. The molecule has 1 aliphatic heterocycles. The minimum Gasteiger partial charge on any atom is -0.490 e. The SMILES string of the molecule is O=C(OCCOc1ccc(Br)cc1)c1ccc(Cl)c(S(=O)(=O)N2CCCC2)c1. The van der Waals surface area contributed by atoms with E-state index in [1.165, 1.54) is 22.5 Å². The van der Waals surface area contributed by atoms with Crippen LogP contribution in [0.2, 0.25) is 5.02 Å². The third-order valence-corrected chi connectivity index (χ3v) is 7.16. The van der Waals surface area contributed by atoms with Gasteiger partial charge in [0.15, 0.2) is 0 Å². The van der Waals surface area contributed by atoms with E-state index in [9.17, 15) is 13.2 Å². The lowest BCUT2D eigenvalue weighted by atomic mass is 10.2. The molecule has 0 atom stereocenters. The largest absolute Gasteiger partial charge is 0.490 e. The molecule has 0 radical (unpaired) electrons. The smallest absolute Gasteiger partial charge is 0.338 e. The van der Waals surface area contributed by atoms with Crippen LogP contribution in [0, 0.1) is 0 Å². The highest BCUT2D eigenvalue weighted by molar-refractivity contribution is 9.10. The van der Waals surface area contributed by atoms with Gasteiger partial charge in [-0.15, -0.1) is 0 Å². The van der Waals surface area contributed by atoms with Crippen molar-refractivity contribution in [3.05, 3.63) is 57.5 Å². The highest BCUT2D eigenvalue weighted by atomic mass is 79.9. The molecule has 1 saturated heterocycles. The summed E-state index contributed by atoms with van der Waals surface area (Å²) in [6.45, 7) is 1.13. The zero-order valence-corrected chi connectivity index (χ0v) is 18.1. The van der Waals surface area contributed by atoms with Crippen LogP contribution in [0.5, 0.6) is 5.75 Å². The lowest BCUT2D eigenvalue weighted by Gasteiger charge is -2.17. The van der Waals surface area contributed by atoms with Gasteiger partial charge in [-0.25, -0.2) is 13.2 Å². The lowest BCUT2D eigenvalue weighted by Crippen LogP contribution is -2.28. The van der Waals surface area contributed by atoms with Gasteiger partial charge in [-0.2, -0.15) is 4.31 Å². The Labute approximate surface area is 177 Å². The van der Waals surface area contributed by atoms with Crippen LogP contribution >= 0.6 is 27.5 Å². The first-order valence-corrected chi connectivity index (χ1v) is 11.3. The van der Waals surface area contributed by atoms with Crippen molar-refractivity contribution in [1.82, 2.24) is 4.31 Å². The number of benzene rings is 2. The van der Waals surface area contributed by atoms with Crippen LogP contribution in [0.1, 0.15) is 23.2 Å². The summed E-state index contributed by atoms with van der Waals surface area (Å²) in [5, 5.41) is 0.0852. The van der Waals surface area contributed by atoms with Gasteiger partial charge in [0.25, 0.3) is 0 Å². The van der Waals surface area contributed by atoms with Crippen LogP contribution in [-0.2, 0) is 14.8 Å². The predicted octanol–water partition coefficient (Wildman–Crippen LogP) is 4.12. The second kappa shape index (κ2) is 9.26. The summed E-state index contributed by atoms with van der Waals surface area (Å²) in [7, 11) is -3.73. The maximum Gasteiger partial charge on any atom is 0.338 e. The molecule has 1 heterocycles. The molecule has 0 saturated carbocycles. The van der Waals surface area contributed by atoms with Crippen molar-refractivity contribution in [2.45, 2.75) is 17.7 Å². The third-order valence-electron chi connectivity index (χ3n) is 4.25. The summed E-state index contributed by atoms with van der Waals surface area (Å²) in [4.78, 5) is 12.2. The minimum atomic E-state index is -3.73. The fourth-order valence-electron chi connectivity index (χ4n) is 2.80. The maximum atomic E-state index is 12.7. The Morgan fingerprint density at radius 1 is 1.07 bits per heavy atom. The minimum absolute atomic E-state index is 0.0335. The van der Waals surface area contributed by atoms with Crippen LogP contribution < -0.4 is 4.74 Å². The number of hydrogen-bond acceptors (Lipinski definition) is 5. The molecule has 0 spiro atoms. The second-order valence-corrected chi connectivity index (χ2v) is 9.42. The summed E-state index contributed by atoms with van der Waals surface area (Å²) in [6.07, 6.45) is 1.63. The van der Waals surface area contributed by atoms with Crippen molar-refractivity contribution in [3.8, 4) is 5.75 Å². The summed E-state index contributed by atoms with van der Waals surface area (Å²) < 4.78 is 38.5. The van der Waals surface area contributed by atoms with E-state index in [1.807, 2.05) is 12.1 Å². The van der Waals surface area contributed by atoms with Crippen LogP contribution in [0.4, 0.5) is 0 Å². The molecule has 0 aromatic heterocycles. The highest BCUT2D eigenvalue weighted by Gasteiger charge is 2.29. The Bertz CT molecular complexity index is 943. The van der Waals surface area contributed by atoms with E-state index in [1.54, 1.807) is 12.1 Å². The molecular formula is C19H19BrClNO5S. The first-order chi connectivity index (χ1) is 13.4. The van der Waals surface area contributed by atoms with Crippen molar-refractivity contribution in [2.24, 2.45) is 0 Å². The standard InChI is InChI=1S/C19H19BrClNO5S/c20-15-4-6-16(7-5-15)26-11-12-27-19(23)14-3-8-17(21)18(13-14)28(24,25)22-9-1-2-10-22/h3-8,13H,1-2,9-12H2. The molecule has 6 nitrogen and oxygen atoms in total. The Balaban J connectivity index is 1.61. The van der Waals surface area contributed by atoms with Gasteiger partial charge in [-0.1, -0.05) is 27.5 Å². The molecule has 3 rings (SSSR count). The average Bonchev–Trinajstić information content (AvgIpc) is 3.22. The molecule has 28 heavy (non-hydrogen) atoms. The number of nitrogens with zero attached hydrogens (tertiary/aromatic N) is 1. The molecule has 2 aromatic rings. The summed E-state index contributed by atoms with van der Waals surface area (Å²) in [6, 6.07) is 11.4. The lowest BCUT2D eigenvalue weighted by molar-refractivity contribution is 0.0450. The van der Waals surface area contributed by atoms with Gasteiger partial charge in [0.2, 0.25) is 10.0 Å². The van der Waals surface area contributed by atoms with Crippen molar-refractivity contribution >= 4 is 43.5 Å². The molecule has 9 heteroatoms. The monoisotopic (exact) mass is 487 g/mol. The van der Waals surface area contributed by atoms with Gasteiger partial charge in [0.1, 0.15) is 23.9 Å². The van der Waals surface area contributed by atoms with E-state index in [0.717, 1.165) is 17.3 Å². The number of rotatable bonds is 7. The first kappa shape index (κ1) is 21.1. The Morgan fingerprint density at radius 2 is 1.75 bits per heavy atom. The zero-order chi connectivity index (χ0) is 20.1. The van der Waals surface area contributed by atoms with Crippen LogP contribution in [0.25, 0.3) is 0 Å². The molecule has 0 bridgehead atoms. The van der Waals surface area contributed by atoms with Gasteiger partial charge in [0, 0.05) is 17.6 Å². The van der Waals surface area contributed by atoms with Gasteiger partial charge in [-0.3, -0.25) is 0 Å². The summed E-state index contributed by atoms with van der Waals surface area (Å²) in [5.41, 5.74) is 0.130. The van der Waals surface area contributed by atoms with E-state index in [2.05, 4.69) is 15.9 Å². The molecule has 0 aliphatic carbocycles. The zero-order valence-electron chi connectivity index (χ0n) is 14.9. The number of ether oxygens (including phenoxy) is 2. The molecular weight excluding hydrogens is 470 g/mol. The van der Waals surface area contributed by atoms with E-state index < -0.39 is 16.0 Å². The number of halogens is 2. The molecule has 0 N–H and O–H groups in total. The fourth-order valence-corrected chi connectivity index (χ4v) is 5.09. The van der Waals surface area contributed by atoms with Gasteiger partial charge < -0.3 is 9.47 Å². The normalized spacial score (nSPS) is 14.8. The number of esters is 1. The van der Waals surface area contributed by atoms with Gasteiger partial charge >= 0.3 is 5.97 Å². The van der Waals surface area contributed by atoms with Crippen molar-refractivity contribution < 1.29 is 22.7 Å². The average molecular weight is 489 g/mol. The topological polar surface area (TPSA) is 72.9 Å². The van der Waals surface area contributed by atoms with Crippen LogP contribution in [-0.4, -0.2) is 45.0 Å². The molecule has 150 valence electrons. The van der Waals surface area contributed by atoms with Crippen molar-refractivity contribution in [3.63, 3.8) is 0 Å². The number of carbonyl (C=O) groups is 1. The fraction of sp³-hybridized carbons (Fsp3) is 0.316. The van der Waals surface area contributed by atoms with E-state index in [4.69, 9.17) is 21.1 Å². The van der Waals surface area contributed by atoms with Crippen LogP contribution in [0.15, 0.2) is 51.8 Å². The van der Waals surface area contributed by atoms with Crippen molar-refractivity contribution in [1.29, 1.82) is 0 Å². The summed E-state index contributed by atoms with van der Waals surface area (Å²) >= 11 is 9.43. The predicted molar refractivity (Wildman–Crippen MR) is 109 cm³/mol. The number of hydrogen-bond donors (Lipinski definition) is 0.